The minimum absolute atomic E-state index is 0.00689. The Balaban J connectivity index is 1.98. The van der Waals surface area contributed by atoms with E-state index in [9.17, 15) is 13.6 Å². The van der Waals surface area contributed by atoms with E-state index in [1.165, 1.54) is 18.2 Å². The number of hydrogen-bond donors (Lipinski definition) is 1. The predicted molar refractivity (Wildman–Crippen MR) is 89.4 cm³/mol. The van der Waals surface area contributed by atoms with Gasteiger partial charge in [0.15, 0.2) is 0 Å². The fourth-order valence-electron chi connectivity index (χ4n) is 2.05. The Bertz CT molecular complexity index is 736. The highest BCUT2D eigenvalue weighted by molar-refractivity contribution is 5.92. The van der Waals surface area contributed by atoms with E-state index >= 15 is 0 Å². The van der Waals surface area contributed by atoms with Crippen molar-refractivity contribution in [3.05, 3.63) is 59.8 Å². The van der Waals surface area contributed by atoms with Crippen molar-refractivity contribution >= 4 is 12.0 Å². The highest BCUT2D eigenvalue weighted by Gasteiger charge is 2.08. The highest BCUT2D eigenvalue weighted by atomic mass is 19.3. The lowest BCUT2D eigenvalue weighted by Gasteiger charge is -2.09. The molecule has 1 N–H and O–H groups in total. The summed E-state index contributed by atoms with van der Waals surface area (Å²) in [6.45, 7) is -0.370. The van der Waals surface area contributed by atoms with Gasteiger partial charge in [-0.15, -0.1) is 0 Å². The van der Waals surface area contributed by atoms with Gasteiger partial charge in [-0.2, -0.15) is 8.78 Å². The van der Waals surface area contributed by atoms with Crippen LogP contribution in [-0.2, 0) is 11.3 Å². The summed E-state index contributed by atoms with van der Waals surface area (Å²) in [7, 11) is 0. The second kappa shape index (κ2) is 9.36. The zero-order chi connectivity index (χ0) is 18.1. The molecule has 1 heterocycles. The molecule has 0 unspecified atom stereocenters. The van der Waals surface area contributed by atoms with Gasteiger partial charge in [0.05, 0.1) is 6.61 Å². The molecule has 0 atom stereocenters. The van der Waals surface area contributed by atoms with Crippen LogP contribution >= 0.6 is 0 Å². The van der Waals surface area contributed by atoms with Crippen LogP contribution in [-0.4, -0.2) is 24.1 Å². The second-order valence-electron chi connectivity index (χ2n) is 4.87. The molecule has 2 rings (SSSR count). The minimum atomic E-state index is -2.93. The van der Waals surface area contributed by atoms with Gasteiger partial charge in [0, 0.05) is 29.9 Å². The monoisotopic (exact) mass is 348 g/mol. The molecule has 1 aromatic carbocycles. The quantitative estimate of drug-likeness (QED) is 0.743. The molecule has 0 saturated heterocycles. The molecule has 0 aliphatic heterocycles. The number of aromatic nitrogens is 1. The molecule has 1 amide bonds. The lowest BCUT2D eigenvalue weighted by molar-refractivity contribution is -0.116. The molecular weight excluding hydrogens is 330 g/mol. The van der Waals surface area contributed by atoms with Crippen molar-refractivity contribution in [1.82, 2.24) is 10.3 Å². The maximum atomic E-state index is 12.4. The number of para-hydroxylation sites is 1. The van der Waals surface area contributed by atoms with Gasteiger partial charge < -0.3 is 14.8 Å². The zero-order valence-electron chi connectivity index (χ0n) is 13.6. The van der Waals surface area contributed by atoms with E-state index in [1.54, 1.807) is 36.5 Å². The van der Waals surface area contributed by atoms with Crippen LogP contribution in [0.3, 0.4) is 0 Å². The third kappa shape index (κ3) is 5.87. The average Bonchev–Trinajstić information content (AvgIpc) is 2.60. The molecule has 0 aliphatic carbocycles. The second-order valence-corrected chi connectivity index (χ2v) is 4.87. The number of nitrogens with one attached hydrogen (secondary N) is 1. The van der Waals surface area contributed by atoms with Gasteiger partial charge in [-0.05, 0) is 25.1 Å². The largest absolute Gasteiger partial charge is 0.478 e. The fraction of sp³-hybridized carbons (Fsp3) is 0.222. The smallest absolute Gasteiger partial charge is 0.387 e. The molecule has 0 fully saturated rings. The molecule has 2 aromatic rings. The Morgan fingerprint density at radius 1 is 1.28 bits per heavy atom. The predicted octanol–water partition coefficient (Wildman–Crippen LogP) is 3.41. The first kappa shape index (κ1) is 18.4. The number of nitrogens with zero attached hydrogens (tertiary/aromatic N) is 1. The van der Waals surface area contributed by atoms with E-state index in [1.807, 2.05) is 6.92 Å². The topological polar surface area (TPSA) is 60.5 Å². The maximum absolute atomic E-state index is 12.4. The third-order valence-corrected chi connectivity index (χ3v) is 3.13. The number of carbonyl (C=O) groups is 1. The summed E-state index contributed by atoms with van der Waals surface area (Å²) in [5.74, 6) is 0.0931. The first-order valence-corrected chi connectivity index (χ1v) is 7.66. The minimum Gasteiger partial charge on any atom is -0.478 e. The molecule has 1 aromatic heterocycles. The molecular formula is C18H18F2N2O3. The molecule has 0 bridgehead atoms. The van der Waals surface area contributed by atoms with E-state index in [-0.39, 0.29) is 18.2 Å². The van der Waals surface area contributed by atoms with E-state index < -0.39 is 6.61 Å². The van der Waals surface area contributed by atoms with Gasteiger partial charge in [0.1, 0.15) is 5.75 Å². The SMILES string of the molecule is CCOc1ncccc1CNC(=O)/C=C/c1ccccc1OC(F)F. The van der Waals surface area contributed by atoms with E-state index in [0.29, 0.717) is 18.1 Å². The third-order valence-electron chi connectivity index (χ3n) is 3.13. The Kier molecular flexibility index (Phi) is 6.88. The van der Waals surface area contributed by atoms with Gasteiger partial charge in [0.25, 0.3) is 0 Å². The number of carbonyl (C=O) groups excluding carboxylic acids is 1. The summed E-state index contributed by atoms with van der Waals surface area (Å²) in [5, 5.41) is 2.69. The van der Waals surface area contributed by atoms with E-state index in [2.05, 4.69) is 15.0 Å². The van der Waals surface area contributed by atoms with Crippen LogP contribution < -0.4 is 14.8 Å². The lowest BCUT2D eigenvalue weighted by Crippen LogP contribution is -2.21. The molecule has 0 aliphatic rings. The summed E-state index contributed by atoms with van der Waals surface area (Å²) < 4.78 is 34.5. The van der Waals surface area contributed by atoms with Crippen LogP contribution in [0.2, 0.25) is 0 Å². The van der Waals surface area contributed by atoms with Crippen LogP contribution in [0.5, 0.6) is 11.6 Å². The number of halogens is 2. The van der Waals surface area contributed by atoms with Crippen LogP contribution in [0.15, 0.2) is 48.7 Å². The van der Waals surface area contributed by atoms with Crippen molar-refractivity contribution in [2.45, 2.75) is 20.1 Å². The van der Waals surface area contributed by atoms with Crippen LogP contribution in [0.4, 0.5) is 8.78 Å². The van der Waals surface area contributed by atoms with E-state index in [4.69, 9.17) is 4.74 Å². The number of hydrogen-bond acceptors (Lipinski definition) is 4. The Hall–Kier alpha value is -2.96. The number of alkyl halides is 2. The molecule has 5 nitrogen and oxygen atoms in total. The van der Waals surface area contributed by atoms with Gasteiger partial charge in [-0.25, -0.2) is 4.98 Å². The van der Waals surface area contributed by atoms with Gasteiger partial charge >= 0.3 is 6.61 Å². The normalized spacial score (nSPS) is 10.9. The molecule has 0 radical (unpaired) electrons. The number of pyridine rings is 1. The van der Waals surface area contributed by atoms with E-state index in [0.717, 1.165) is 5.56 Å². The molecule has 0 spiro atoms. The first-order valence-electron chi connectivity index (χ1n) is 7.66. The molecule has 0 saturated carbocycles. The summed E-state index contributed by atoms with van der Waals surface area (Å²) in [6, 6.07) is 9.78. The Labute approximate surface area is 144 Å². The molecule has 132 valence electrons. The summed E-state index contributed by atoms with van der Waals surface area (Å²) in [5.41, 5.74) is 1.13. The van der Waals surface area contributed by atoms with Crippen molar-refractivity contribution in [2.75, 3.05) is 6.61 Å². The zero-order valence-corrected chi connectivity index (χ0v) is 13.6. The van der Waals surface area contributed by atoms with Crippen LogP contribution in [0.1, 0.15) is 18.1 Å². The van der Waals surface area contributed by atoms with Gasteiger partial charge in [-0.1, -0.05) is 24.3 Å². The van der Waals surface area contributed by atoms with Gasteiger partial charge in [0.2, 0.25) is 11.8 Å². The fourth-order valence-corrected chi connectivity index (χ4v) is 2.05. The Morgan fingerprint density at radius 2 is 2.08 bits per heavy atom. The summed E-state index contributed by atoms with van der Waals surface area (Å²) in [6.07, 6.45) is 4.28. The van der Waals surface area contributed by atoms with Crippen molar-refractivity contribution in [3.8, 4) is 11.6 Å². The average molecular weight is 348 g/mol. The van der Waals surface area contributed by atoms with Crippen LogP contribution in [0, 0.1) is 0 Å². The number of rotatable bonds is 8. The highest BCUT2D eigenvalue weighted by Crippen LogP contribution is 2.21. The van der Waals surface area contributed by atoms with Crippen molar-refractivity contribution in [2.24, 2.45) is 0 Å². The standard InChI is InChI=1S/C18H18F2N2O3/c1-2-24-17-14(7-5-11-21-17)12-22-16(23)10-9-13-6-3-4-8-15(13)25-18(19)20/h3-11,18H,2,12H2,1H3,(H,22,23)/b10-9+. The van der Waals surface area contributed by atoms with Crippen molar-refractivity contribution < 1.29 is 23.0 Å². The maximum Gasteiger partial charge on any atom is 0.387 e. The van der Waals surface area contributed by atoms with Gasteiger partial charge in [-0.3, -0.25) is 4.79 Å². The first-order chi connectivity index (χ1) is 12.1. The van der Waals surface area contributed by atoms with Crippen LogP contribution in [0.25, 0.3) is 6.08 Å². The lowest BCUT2D eigenvalue weighted by atomic mass is 10.2. The molecule has 7 heteroatoms. The number of ether oxygens (including phenoxy) is 2. The molecule has 25 heavy (non-hydrogen) atoms. The van der Waals surface area contributed by atoms with Crippen molar-refractivity contribution in [3.63, 3.8) is 0 Å². The Morgan fingerprint density at radius 3 is 2.84 bits per heavy atom. The number of amides is 1. The number of benzene rings is 1. The summed E-state index contributed by atoms with van der Waals surface area (Å²) >= 11 is 0. The van der Waals surface area contributed by atoms with Crippen molar-refractivity contribution in [1.29, 1.82) is 0 Å². The summed E-state index contributed by atoms with van der Waals surface area (Å²) in [4.78, 5) is 16.0.